The number of halogens is 1. The van der Waals surface area contributed by atoms with Gasteiger partial charge in [-0.2, -0.15) is 0 Å². The van der Waals surface area contributed by atoms with Gasteiger partial charge < -0.3 is 9.80 Å². The second kappa shape index (κ2) is 8.49. The van der Waals surface area contributed by atoms with Crippen LogP contribution in [0.15, 0.2) is 66.9 Å². The molecule has 0 radical (unpaired) electrons. The number of pyridine rings is 1. The number of amides is 1. The van der Waals surface area contributed by atoms with Crippen molar-refractivity contribution in [1.82, 2.24) is 9.88 Å². The Morgan fingerprint density at radius 2 is 1.76 bits per heavy atom. The van der Waals surface area contributed by atoms with Gasteiger partial charge in [0.15, 0.2) is 0 Å². The molecule has 2 aromatic rings. The minimum Gasteiger partial charge on any atom is -0.353 e. The highest BCUT2D eigenvalue weighted by Gasteiger charge is 2.19. The summed E-state index contributed by atoms with van der Waals surface area (Å²) in [5.74, 6) is 0.997. The topological polar surface area (TPSA) is 36.4 Å². The molecule has 1 saturated heterocycles. The Morgan fingerprint density at radius 1 is 1.00 bits per heavy atom. The van der Waals surface area contributed by atoms with E-state index in [1.165, 1.54) is 0 Å². The summed E-state index contributed by atoms with van der Waals surface area (Å²) < 4.78 is 0. The van der Waals surface area contributed by atoms with Crippen molar-refractivity contribution in [2.45, 2.75) is 0 Å². The van der Waals surface area contributed by atoms with E-state index in [1.54, 1.807) is 18.3 Å². The molecule has 25 heavy (non-hydrogen) atoms. The first kappa shape index (κ1) is 17.2. The largest absolute Gasteiger partial charge is 0.353 e. The number of hydrogen-bond acceptors (Lipinski definition) is 3. The molecule has 1 amide bonds. The Kier molecular flexibility index (Phi) is 5.86. The molecule has 0 N–H and O–H groups in total. The highest BCUT2D eigenvalue weighted by Crippen LogP contribution is 2.16. The van der Waals surface area contributed by atoms with Gasteiger partial charge in [0, 0.05) is 43.5 Å². The molecular formula is C20H20ClN3O. The molecule has 128 valence electrons. The van der Waals surface area contributed by atoms with Gasteiger partial charge in [0.25, 0.3) is 0 Å². The molecule has 1 aliphatic heterocycles. The van der Waals surface area contributed by atoms with E-state index in [0.29, 0.717) is 18.1 Å². The first-order chi connectivity index (χ1) is 12.2. The van der Waals surface area contributed by atoms with Gasteiger partial charge >= 0.3 is 0 Å². The first-order valence-corrected chi connectivity index (χ1v) is 8.66. The number of anilines is 1. The summed E-state index contributed by atoms with van der Waals surface area (Å²) in [5, 5.41) is 0.698. The van der Waals surface area contributed by atoms with Crippen LogP contribution in [0.5, 0.6) is 0 Å². The van der Waals surface area contributed by atoms with Gasteiger partial charge in [0.1, 0.15) is 5.82 Å². The molecule has 1 aliphatic rings. The molecule has 3 rings (SSSR count). The third-order valence-corrected chi connectivity index (χ3v) is 4.44. The van der Waals surface area contributed by atoms with Gasteiger partial charge in [0.05, 0.1) is 0 Å². The van der Waals surface area contributed by atoms with Gasteiger partial charge in [-0.15, -0.1) is 0 Å². The molecule has 0 spiro atoms. The van der Waals surface area contributed by atoms with E-state index < -0.39 is 0 Å². The summed E-state index contributed by atoms with van der Waals surface area (Å²) in [6, 6.07) is 13.5. The van der Waals surface area contributed by atoms with Crippen LogP contribution in [0.3, 0.4) is 0 Å². The van der Waals surface area contributed by atoms with E-state index in [-0.39, 0.29) is 5.91 Å². The summed E-state index contributed by atoms with van der Waals surface area (Å²) in [7, 11) is 0. The lowest BCUT2D eigenvalue weighted by atomic mass is 10.2. The quantitative estimate of drug-likeness (QED) is 0.621. The van der Waals surface area contributed by atoms with Crippen molar-refractivity contribution in [1.29, 1.82) is 0 Å². The maximum absolute atomic E-state index is 12.3. The van der Waals surface area contributed by atoms with E-state index in [1.807, 2.05) is 59.5 Å². The lowest BCUT2D eigenvalue weighted by molar-refractivity contribution is -0.126. The summed E-state index contributed by atoms with van der Waals surface area (Å²) in [6.07, 6.45) is 8.88. The third kappa shape index (κ3) is 4.70. The Morgan fingerprint density at radius 3 is 2.48 bits per heavy atom. The zero-order valence-electron chi connectivity index (χ0n) is 13.9. The molecule has 5 heteroatoms. The lowest BCUT2D eigenvalue weighted by Crippen LogP contribution is -2.48. The molecule has 1 aromatic heterocycles. The number of piperazine rings is 1. The Balaban J connectivity index is 1.50. The second-order valence-corrected chi connectivity index (χ2v) is 6.15. The molecule has 0 saturated carbocycles. The van der Waals surface area contributed by atoms with Crippen LogP contribution < -0.4 is 4.90 Å². The molecule has 4 nitrogen and oxygen atoms in total. The average molecular weight is 354 g/mol. The SMILES string of the molecule is O=C(C=CC=Cc1ccccc1Cl)N1CCN(c2ccccn2)CC1. The van der Waals surface area contributed by atoms with Gasteiger partial charge in [-0.3, -0.25) is 4.79 Å². The highest BCUT2D eigenvalue weighted by molar-refractivity contribution is 6.32. The minimum atomic E-state index is 0.0319. The first-order valence-electron chi connectivity index (χ1n) is 8.28. The molecule has 0 aliphatic carbocycles. The van der Waals surface area contributed by atoms with Crippen LogP contribution >= 0.6 is 11.6 Å². The number of carbonyl (C=O) groups is 1. The fraction of sp³-hybridized carbons (Fsp3) is 0.200. The highest BCUT2D eigenvalue weighted by atomic mass is 35.5. The van der Waals surface area contributed by atoms with Crippen LogP contribution in [0.2, 0.25) is 5.02 Å². The number of allylic oxidation sites excluding steroid dienone is 2. The van der Waals surface area contributed by atoms with E-state index >= 15 is 0 Å². The fourth-order valence-electron chi connectivity index (χ4n) is 2.71. The predicted molar refractivity (Wildman–Crippen MR) is 103 cm³/mol. The summed E-state index contributed by atoms with van der Waals surface area (Å²) in [6.45, 7) is 3.00. The maximum Gasteiger partial charge on any atom is 0.246 e. The van der Waals surface area contributed by atoms with Crippen LogP contribution in [0, 0.1) is 0 Å². The van der Waals surface area contributed by atoms with Crippen molar-refractivity contribution in [3.8, 4) is 0 Å². The fourth-order valence-corrected chi connectivity index (χ4v) is 2.91. The number of nitrogens with zero attached hydrogens (tertiary/aromatic N) is 3. The van der Waals surface area contributed by atoms with E-state index in [2.05, 4.69) is 9.88 Å². The predicted octanol–water partition coefficient (Wildman–Crippen LogP) is 3.65. The second-order valence-electron chi connectivity index (χ2n) is 5.74. The van der Waals surface area contributed by atoms with Crippen LogP contribution in [-0.4, -0.2) is 42.0 Å². The molecular weight excluding hydrogens is 334 g/mol. The van der Waals surface area contributed by atoms with Crippen molar-refractivity contribution < 1.29 is 4.79 Å². The van der Waals surface area contributed by atoms with Crippen LogP contribution in [-0.2, 0) is 4.79 Å². The van der Waals surface area contributed by atoms with Crippen molar-refractivity contribution in [3.63, 3.8) is 0 Å². The van der Waals surface area contributed by atoms with Gasteiger partial charge in [-0.05, 0) is 23.8 Å². The molecule has 2 heterocycles. The van der Waals surface area contributed by atoms with E-state index in [9.17, 15) is 4.79 Å². The Labute approximate surface area is 153 Å². The monoisotopic (exact) mass is 353 g/mol. The van der Waals surface area contributed by atoms with Gasteiger partial charge in [0.2, 0.25) is 5.91 Å². The van der Waals surface area contributed by atoms with E-state index in [0.717, 1.165) is 24.5 Å². The molecule has 0 bridgehead atoms. The summed E-state index contributed by atoms with van der Waals surface area (Å²) in [4.78, 5) is 20.7. The third-order valence-electron chi connectivity index (χ3n) is 4.10. The number of aromatic nitrogens is 1. The standard InChI is InChI=1S/C20H20ClN3O/c21-18-9-3-1-7-17(18)8-2-4-11-20(25)24-15-13-23(14-16-24)19-10-5-6-12-22-19/h1-12H,13-16H2. The molecule has 1 fully saturated rings. The smallest absolute Gasteiger partial charge is 0.246 e. The minimum absolute atomic E-state index is 0.0319. The average Bonchev–Trinajstić information content (AvgIpc) is 2.67. The van der Waals surface area contributed by atoms with Crippen LogP contribution in [0.4, 0.5) is 5.82 Å². The number of hydrogen-bond donors (Lipinski definition) is 0. The molecule has 0 unspecified atom stereocenters. The number of benzene rings is 1. The normalized spacial score (nSPS) is 15.2. The van der Waals surface area contributed by atoms with Crippen molar-refractivity contribution in [2.24, 2.45) is 0 Å². The lowest BCUT2D eigenvalue weighted by Gasteiger charge is -2.34. The van der Waals surface area contributed by atoms with E-state index in [4.69, 9.17) is 11.6 Å². The van der Waals surface area contributed by atoms with Crippen molar-refractivity contribution in [2.75, 3.05) is 31.1 Å². The van der Waals surface area contributed by atoms with Crippen LogP contribution in [0.1, 0.15) is 5.56 Å². The summed E-state index contributed by atoms with van der Waals surface area (Å²) >= 11 is 6.09. The van der Waals surface area contributed by atoms with Crippen LogP contribution in [0.25, 0.3) is 6.08 Å². The molecule has 1 aromatic carbocycles. The Bertz CT molecular complexity index is 766. The zero-order chi connectivity index (χ0) is 17.5. The van der Waals surface area contributed by atoms with Gasteiger partial charge in [-0.1, -0.05) is 54.1 Å². The van der Waals surface area contributed by atoms with Crippen molar-refractivity contribution in [3.05, 3.63) is 77.5 Å². The van der Waals surface area contributed by atoms with Crippen molar-refractivity contribution >= 4 is 29.4 Å². The van der Waals surface area contributed by atoms with Gasteiger partial charge in [-0.25, -0.2) is 4.98 Å². The zero-order valence-corrected chi connectivity index (χ0v) is 14.6. The molecule has 0 atom stereocenters. The Hall–Kier alpha value is -2.59. The number of carbonyl (C=O) groups excluding carboxylic acids is 1. The summed E-state index contributed by atoms with van der Waals surface area (Å²) in [5.41, 5.74) is 0.935. The maximum atomic E-state index is 12.3. The number of rotatable bonds is 4.